The third-order valence-electron chi connectivity index (χ3n) is 3.86. The van der Waals surface area contributed by atoms with Crippen molar-refractivity contribution in [3.63, 3.8) is 0 Å². The van der Waals surface area contributed by atoms with Crippen molar-refractivity contribution in [1.82, 2.24) is 4.90 Å². The lowest BCUT2D eigenvalue weighted by Crippen LogP contribution is -2.34. The first kappa shape index (κ1) is 16.8. The molecule has 0 aliphatic carbocycles. The summed E-state index contributed by atoms with van der Waals surface area (Å²) in [5.41, 5.74) is 0.151. The van der Waals surface area contributed by atoms with Crippen molar-refractivity contribution in [2.24, 2.45) is 0 Å². The van der Waals surface area contributed by atoms with Gasteiger partial charge in [0.25, 0.3) is 0 Å². The van der Waals surface area contributed by atoms with Crippen LogP contribution in [0.4, 0.5) is 0 Å². The molecule has 1 aromatic rings. The van der Waals surface area contributed by atoms with Gasteiger partial charge < -0.3 is 14.7 Å². The second-order valence-electron chi connectivity index (χ2n) is 5.54. The van der Waals surface area contributed by atoms with Crippen LogP contribution in [0.1, 0.15) is 23.2 Å². The number of carbonyl (C=O) groups is 1. The number of para-hydroxylation sites is 1. The van der Waals surface area contributed by atoms with E-state index in [2.05, 4.69) is 0 Å². The molecule has 0 radical (unpaired) electrons. The molecule has 1 N–H and O–H groups in total. The number of hydrogen-bond donors (Lipinski definition) is 1. The standard InChI is InChI=1S/C15H21NO5S/c1-16(12-7-10-22(19,20)11-12)8-4-9-21-14-6-3-2-5-13(14)15(17)18/h2-3,5-6,12H,4,7-11H2,1H3,(H,17,18). The quantitative estimate of drug-likeness (QED) is 0.759. The topological polar surface area (TPSA) is 83.9 Å². The number of carboxylic acid groups (broad SMARTS) is 1. The summed E-state index contributed by atoms with van der Waals surface area (Å²) in [6.45, 7) is 1.11. The molecule has 1 heterocycles. The predicted molar refractivity (Wildman–Crippen MR) is 83.2 cm³/mol. The first-order valence-corrected chi connectivity index (χ1v) is 9.07. The van der Waals surface area contributed by atoms with Gasteiger partial charge in [-0.2, -0.15) is 0 Å². The van der Waals surface area contributed by atoms with Crippen molar-refractivity contribution in [2.45, 2.75) is 18.9 Å². The number of carboxylic acids is 1. The van der Waals surface area contributed by atoms with Crippen LogP contribution >= 0.6 is 0 Å². The Morgan fingerprint density at radius 1 is 1.41 bits per heavy atom. The summed E-state index contributed by atoms with van der Waals surface area (Å²) in [5.74, 6) is -0.151. The number of ether oxygens (including phenoxy) is 1. The van der Waals surface area contributed by atoms with Gasteiger partial charge in [-0.1, -0.05) is 12.1 Å². The lowest BCUT2D eigenvalue weighted by molar-refractivity contribution is 0.0692. The van der Waals surface area contributed by atoms with Crippen molar-refractivity contribution < 1.29 is 23.1 Å². The molecule has 1 atom stereocenters. The van der Waals surface area contributed by atoms with Gasteiger partial charge >= 0.3 is 5.97 Å². The van der Waals surface area contributed by atoms with E-state index in [1.54, 1.807) is 18.2 Å². The van der Waals surface area contributed by atoms with Gasteiger partial charge in [0.15, 0.2) is 9.84 Å². The van der Waals surface area contributed by atoms with E-state index in [-0.39, 0.29) is 23.1 Å². The van der Waals surface area contributed by atoms with Gasteiger partial charge in [0, 0.05) is 12.6 Å². The van der Waals surface area contributed by atoms with Gasteiger partial charge in [0.05, 0.1) is 18.1 Å². The largest absolute Gasteiger partial charge is 0.493 e. The van der Waals surface area contributed by atoms with Crippen LogP contribution in [-0.2, 0) is 9.84 Å². The smallest absolute Gasteiger partial charge is 0.339 e. The summed E-state index contributed by atoms with van der Waals surface area (Å²) in [6, 6.07) is 6.61. The van der Waals surface area contributed by atoms with Crippen molar-refractivity contribution in [3.8, 4) is 5.75 Å². The van der Waals surface area contributed by atoms with Crippen LogP contribution in [0.5, 0.6) is 5.75 Å². The molecule has 1 unspecified atom stereocenters. The van der Waals surface area contributed by atoms with Crippen LogP contribution in [-0.4, -0.2) is 62.1 Å². The van der Waals surface area contributed by atoms with Crippen LogP contribution in [0.2, 0.25) is 0 Å². The summed E-state index contributed by atoms with van der Waals surface area (Å²) in [4.78, 5) is 13.1. The van der Waals surface area contributed by atoms with Crippen LogP contribution in [0.25, 0.3) is 0 Å². The Kier molecular flexibility index (Phi) is 5.42. The monoisotopic (exact) mass is 327 g/mol. The average Bonchev–Trinajstić information content (AvgIpc) is 2.84. The molecular formula is C15H21NO5S. The molecule has 0 aromatic heterocycles. The van der Waals surface area contributed by atoms with E-state index in [1.807, 2.05) is 11.9 Å². The first-order valence-electron chi connectivity index (χ1n) is 7.25. The molecule has 2 rings (SSSR count). The minimum Gasteiger partial charge on any atom is -0.493 e. The Labute approximate surface area is 130 Å². The molecule has 0 amide bonds. The highest BCUT2D eigenvalue weighted by molar-refractivity contribution is 7.91. The number of benzene rings is 1. The van der Waals surface area contributed by atoms with E-state index in [0.717, 1.165) is 6.54 Å². The molecule has 0 bridgehead atoms. The SMILES string of the molecule is CN(CCCOc1ccccc1C(=O)O)C1CCS(=O)(=O)C1. The lowest BCUT2D eigenvalue weighted by Gasteiger charge is -2.22. The van der Waals surface area contributed by atoms with Gasteiger partial charge in [-0.15, -0.1) is 0 Å². The second kappa shape index (κ2) is 7.11. The second-order valence-corrected chi connectivity index (χ2v) is 7.77. The number of sulfone groups is 1. The molecule has 1 fully saturated rings. The number of aromatic carboxylic acids is 1. The molecule has 1 saturated heterocycles. The lowest BCUT2D eigenvalue weighted by atomic mass is 10.2. The molecule has 122 valence electrons. The third-order valence-corrected chi connectivity index (χ3v) is 5.61. The highest BCUT2D eigenvalue weighted by Crippen LogP contribution is 2.19. The first-order chi connectivity index (χ1) is 10.4. The van der Waals surface area contributed by atoms with Gasteiger partial charge in [-0.3, -0.25) is 0 Å². The van der Waals surface area contributed by atoms with Crippen molar-refractivity contribution in [3.05, 3.63) is 29.8 Å². The van der Waals surface area contributed by atoms with E-state index >= 15 is 0 Å². The highest BCUT2D eigenvalue weighted by Gasteiger charge is 2.30. The minimum atomic E-state index is -2.87. The van der Waals surface area contributed by atoms with Gasteiger partial charge in [-0.25, -0.2) is 13.2 Å². The molecule has 6 nitrogen and oxygen atoms in total. The molecule has 0 saturated carbocycles. The summed E-state index contributed by atoms with van der Waals surface area (Å²) in [5, 5.41) is 9.06. The Bertz CT molecular complexity index is 629. The van der Waals surface area contributed by atoms with E-state index < -0.39 is 15.8 Å². The van der Waals surface area contributed by atoms with Gasteiger partial charge in [0.1, 0.15) is 11.3 Å². The Morgan fingerprint density at radius 2 is 2.14 bits per heavy atom. The fraction of sp³-hybridized carbons (Fsp3) is 0.533. The highest BCUT2D eigenvalue weighted by atomic mass is 32.2. The van der Waals surface area contributed by atoms with E-state index in [0.29, 0.717) is 25.2 Å². The normalized spacial score (nSPS) is 20.2. The summed E-state index contributed by atoms with van der Waals surface area (Å²) >= 11 is 0. The number of nitrogens with zero attached hydrogens (tertiary/aromatic N) is 1. The van der Waals surface area contributed by atoms with E-state index in [9.17, 15) is 13.2 Å². The van der Waals surface area contributed by atoms with Crippen molar-refractivity contribution in [2.75, 3.05) is 31.7 Å². The van der Waals surface area contributed by atoms with E-state index in [4.69, 9.17) is 9.84 Å². The zero-order chi connectivity index (χ0) is 16.2. The summed E-state index contributed by atoms with van der Waals surface area (Å²) in [7, 11) is -0.954. The molecule has 22 heavy (non-hydrogen) atoms. The zero-order valence-corrected chi connectivity index (χ0v) is 13.4. The molecule has 1 aliphatic heterocycles. The third kappa shape index (κ3) is 4.45. The fourth-order valence-electron chi connectivity index (χ4n) is 2.57. The molecule has 0 spiro atoms. The summed E-state index contributed by atoms with van der Waals surface area (Å²) < 4.78 is 28.4. The maximum atomic E-state index is 11.5. The average molecular weight is 327 g/mol. The molecule has 1 aliphatic rings. The van der Waals surface area contributed by atoms with Crippen LogP contribution in [0.15, 0.2) is 24.3 Å². The molecule has 7 heteroatoms. The van der Waals surface area contributed by atoms with Crippen molar-refractivity contribution in [1.29, 1.82) is 0 Å². The minimum absolute atomic E-state index is 0.0799. The Hall–Kier alpha value is -1.60. The maximum Gasteiger partial charge on any atom is 0.339 e. The van der Waals surface area contributed by atoms with Crippen molar-refractivity contribution >= 4 is 15.8 Å². The summed E-state index contributed by atoms with van der Waals surface area (Å²) in [6.07, 6.45) is 1.39. The number of rotatable bonds is 7. The Morgan fingerprint density at radius 3 is 2.77 bits per heavy atom. The number of hydrogen-bond acceptors (Lipinski definition) is 5. The van der Waals surface area contributed by atoms with Crippen LogP contribution < -0.4 is 4.74 Å². The Balaban J connectivity index is 1.77. The zero-order valence-electron chi connectivity index (χ0n) is 12.6. The van der Waals surface area contributed by atoms with Crippen LogP contribution in [0, 0.1) is 0 Å². The predicted octanol–water partition coefficient (Wildman–Crippen LogP) is 1.27. The molecule has 1 aromatic carbocycles. The maximum absolute atomic E-state index is 11.5. The van der Waals surface area contributed by atoms with Gasteiger partial charge in [0.2, 0.25) is 0 Å². The fourth-order valence-corrected chi connectivity index (χ4v) is 4.38. The van der Waals surface area contributed by atoms with E-state index in [1.165, 1.54) is 6.07 Å². The van der Waals surface area contributed by atoms with Gasteiger partial charge in [-0.05, 0) is 32.0 Å². The molecular weight excluding hydrogens is 306 g/mol. The van der Waals surface area contributed by atoms with Crippen LogP contribution in [0.3, 0.4) is 0 Å².